The number of benzene rings is 1. The average Bonchev–Trinajstić information content (AvgIpc) is 3.14. The third-order valence-electron chi connectivity index (χ3n) is 3.68. The van der Waals surface area contributed by atoms with Gasteiger partial charge in [-0.25, -0.2) is 4.68 Å². The van der Waals surface area contributed by atoms with E-state index in [0.717, 1.165) is 25.1 Å². The average molecular weight is 321 g/mol. The predicted octanol–water partition coefficient (Wildman–Crippen LogP) is 2.14. The van der Waals surface area contributed by atoms with Crippen LogP contribution in [0.25, 0.3) is 5.69 Å². The van der Waals surface area contributed by atoms with Crippen molar-refractivity contribution in [2.45, 2.75) is 25.9 Å². The first-order chi connectivity index (χ1) is 10.6. The molecule has 1 aromatic carbocycles. The molecule has 1 saturated heterocycles. The Morgan fingerprint density at radius 2 is 2.41 bits per heavy atom. The highest BCUT2D eigenvalue weighted by molar-refractivity contribution is 6.30. The van der Waals surface area contributed by atoms with Gasteiger partial charge in [0.1, 0.15) is 0 Å². The largest absolute Gasteiger partial charge is 0.376 e. The molecule has 0 bridgehead atoms. The molecule has 7 heteroatoms. The number of aromatic nitrogens is 3. The van der Waals surface area contributed by atoms with Gasteiger partial charge in [0.05, 0.1) is 17.5 Å². The molecule has 1 N–H and O–H groups in total. The first kappa shape index (κ1) is 15.0. The van der Waals surface area contributed by atoms with Crippen molar-refractivity contribution >= 4 is 17.5 Å². The summed E-state index contributed by atoms with van der Waals surface area (Å²) in [5.74, 6) is -0.235. The molecule has 6 nitrogen and oxygen atoms in total. The first-order valence-corrected chi connectivity index (χ1v) is 7.61. The van der Waals surface area contributed by atoms with Crippen molar-refractivity contribution in [1.29, 1.82) is 0 Å². The van der Waals surface area contributed by atoms with E-state index < -0.39 is 0 Å². The third kappa shape index (κ3) is 3.13. The Bertz CT molecular complexity index is 680. The fraction of sp³-hybridized carbons (Fsp3) is 0.400. The molecular formula is C15H17ClN4O2. The van der Waals surface area contributed by atoms with Crippen LogP contribution in [-0.4, -0.2) is 40.2 Å². The zero-order valence-electron chi connectivity index (χ0n) is 12.3. The van der Waals surface area contributed by atoms with E-state index in [1.807, 2.05) is 19.1 Å². The first-order valence-electron chi connectivity index (χ1n) is 7.23. The minimum absolute atomic E-state index is 0.104. The van der Waals surface area contributed by atoms with E-state index in [1.54, 1.807) is 16.8 Å². The Labute approximate surface area is 133 Å². The fourth-order valence-corrected chi connectivity index (χ4v) is 2.67. The van der Waals surface area contributed by atoms with Gasteiger partial charge in [-0.2, -0.15) is 0 Å². The van der Waals surface area contributed by atoms with Crippen LogP contribution < -0.4 is 5.32 Å². The highest BCUT2D eigenvalue weighted by atomic mass is 35.5. The number of hydrogen-bond donors (Lipinski definition) is 1. The third-order valence-corrected chi connectivity index (χ3v) is 3.91. The highest BCUT2D eigenvalue weighted by Gasteiger charge is 2.20. The summed E-state index contributed by atoms with van der Waals surface area (Å²) in [4.78, 5) is 12.2. The maximum Gasteiger partial charge on any atom is 0.273 e. The lowest BCUT2D eigenvalue weighted by Crippen LogP contribution is -2.32. The standard InChI is InChI=1S/C15H17ClN4O2/c1-10-14(15(21)17-9-13-6-3-7-22-13)18-19-20(10)12-5-2-4-11(16)8-12/h2,4-5,8,13H,3,6-7,9H2,1H3,(H,17,21)/t13-/m0/s1. The van der Waals surface area contributed by atoms with Gasteiger partial charge in [0, 0.05) is 18.2 Å². The fourth-order valence-electron chi connectivity index (χ4n) is 2.49. The van der Waals surface area contributed by atoms with Gasteiger partial charge in [-0.05, 0) is 38.0 Å². The maximum absolute atomic E-state index is 12.2. The molecule has 1 aromatic heterocycles. The molecule has 0 radical (unpaired) electrons. The van der Waals surface area contributed by atoms with E-state index in [4.69, 9.17) is 16.3 Å². The number of rotatable bonds is 4. The Morgan fingerprint density at radius 1 is 1.55 bits per heavy atom. The van der Waals surface area contributed by atoms with E-state index in [1.165, 1.54) is 0 Å². The van der Waals surface area contributed by atoms with Crippen LogP contribution in [0.5, 0.6) is 0 Å². The number of halogens is 1. The lowest BCUT2D eigenvalue weighted by molar-refractivity contribution is 0.0853. The van der Waals surface area contributed by atoms with Crippen molar-refractivity contribution in [3.63, 3.8) is 0 Å². The maximum atomic E-state index is 12.2. The van der Waals surface area contributed by atoms with Gasteiger partial charge < -0.3 is 10.1 Å². The molecule has 22 heavy (non-hydrogen) atoms. The van der Waals surface area contributed by atoms with Crippen LogP contribution in [0.3, 0.4) is 0 Å². The van der Waals surface area contributed by atoms with Crippen molar-refractivity contribution in [2.24, 2.45) is 0 Å². The second kappa shape index (κ2) is 6.46. The van der Waals surface area contributed by atoms with Crippen LogP contribution in [0.15, 0.2) is 24.3 Å². The zero-order valence-corrected chi connectivity index (χ0v) is 13.0. The molecule has 0 aliphatic carbocycles. The molecule has 2 aromatic rings. The van der Waals surface area contributed by atoms with Gasteiger partial charge >= 0.3 is 0 Å². The Hall–Kier alpha value is -1.92. The smallest absolute Gasteiger partial charge is 0.273 e. The molecule has 1 aliphatic rings. The van der Waals surface area contributed by atoms with Gasteiger partial charge in [-0.3, -0.25) is 4.79 Å². The van der Waals surface area contributed by atoms with Crippen molar-refractivity contribution in [3.8, 4) is 5.69 Å². The van der Waals surface area contributed by atoms with E-state index in [0.29, 0.717) is 23.0 Å². The van der Waals surface area contributed by atoms with Gasteiger partial charge in [0.2, 0.25) is 0 Å². The zero-order chi connectivity index (χ0) is 15.5. The predicted molar refractivity (Wildman–Crippen MR) is 82.4 cm³/mol. The molecule has 0 spiro atoms. The molecule has 1 amide bonds. The number of carbonyl (C=O) groups is 1. The van der Waals surface area contributed by atoms with E-state index in [9.17, 15) is 4.79 Å². The molecule has 3 rings (SSSR count). The molecule has 1 aliphatic heterocycles. The molecular weight excluding hydrogens is 304 g/mol. The summed E-state index contributed by atoms with van der Waals surface area (Å²) in [7, 11) is 0. The Morgan fingerprint density at radius 3 is 3.14 bits per heavy atom. The van der Waals surface area contributed by atoms with E-state index >= 15 is 0 Å². The molecule has 1 fully saturated rings. The normalized spacial score (nSPS) is 17.6. The van der Waals surface area contributed by atoms with Crippen molar-refractivity contribution in [1.82, 2.24) is 20.3 Å². The quantitative estimate of drug-likeness (QED) is 0.937. The summed E-state index contributed by atoms with van der Waals surface area (Å²) in [5.41, 5.74) is 1.76. The Kier molecular flexibility index (Phi) is 4.40. The second-order valence-electron chi connectivity index (χ2n) is 5.26. The summed E-state index contributed by atoms with van der Waals surface area (Å²) < 4.78 is 7.09. The molecule has 1 atom stereocenters. The topological polar surface area (TPSA) is 69.0 Å². The lowest BCUT2D eigenvalue weighted by atomic mass is 10.2. The summed E-state index contributed by atoms with van der Waals surface area (Å²) in [6.45, 7) is 3.08. The molecule has 2 heterocycles. The van der Waals surface area contributed by atoms with Crippen molar-refractivity contribution < 1.29 is 9.53 Å². The van der Waals surface area contributed by atoms with Crippen LogP contribution in [0.4, 0.5) is 0 Å². The molecule has 0 unspecified atom stereocenters. The van der Waals surface area contributed by atoms with Gasteiger partial charge in [0.25, 0.3) is 5.91 Å². The second-order valence-corrected chi connectivity index (χ2v) is 5.70. The minimum atomic E-state index is -0.235. The van der Waals surface area contributed by atoms with E-state index in [2.05, 4.69) is 15.6 Å². The van der Waals surface area contributed by atoms with Gasteiger partial charge in [-0.1, -0.05) is 22.9 Å². The van der Waals surface area contributed by atoms with Crippen molar-refractivity contribution in [2.75, 3.05) is 13.2 Å². The van der Waals surface area contributed by atoms with Crippen LogP contribution in [0.1, 0.15) is 29.0 Å². The summed E-state index contributed by atoms with van der Waals surface area (Å²) in [6.07, 6.45) is 2.13. The van der Waals surface area contributed by atoms with Gasteiger partial charge in [-0.15, -0.1) is 5.10 Å². The van der Waals surface area contributed by atoms with E-state index in [-0.39, 0.29) is 12.0 Å². The highest BCUT2D eigenvalue weighted by Crippen LogP contribution is 2.17. The van der Waals surface area contributed by atoms with Gasteiger partial charge in [0.15, 0.2) is 5.69 Å². The van der Waals surface area contributed by atoms with Crippen molar-refractivity contribution in [3.05, 3.63) is 40.7 Å². The number of amides is 1. The summed E-state index contributed by atoms with van der Waals surface area (Å²) >= 11 is 5.98. The minimum Gasteiger partial charge on any atom is -0.376 e. The van der Waals surface area contributed by atoms with Crippen LogP contribution in [-0.2, 0) is 4.74 Å². The SMILES string of the molecule is Cc1c(C(=O)NC[C@@H]2CCCO2)nnn1-c1cccc(Cl)c1. The van der Waals surface area contributed by atoms with Crippen LogP contribution in [0, 0.1) is 6.92 Å². The number of hydrogen-bond acceptors (Lipinski definition) is 4. The molecule has 116 valence electrons. The Balaban J connectivity index is 1.73. The number of nitrogens with zero attached hydrogens (tertiary/aromatic N) is 3. The summed E-state index contributed by atoms with van der Waals surface area (Å²) in [5, 5.41) is 11.5. The molecule has 0 saturated carbocycles. The number of carbonyl (C=O) groups excluding carboxylic acids is 1. The summed E-state index contributed by atoms with van der Waals surface area (Å²) in [6, 6.07) is 7.25. The monoisotopic (exact) mass is 320 g/mol. The lowest BCUT2D eigenvalue weighted by Gasteiger charge is -2.10. The van der Waals surface area contributed by atoms with Crippen LogP contribution in [0.2, 0.25) is 5.02 Å². The number of nitrogens with one attached hydrogen (secondary N) is 1. The van der Waals surface area contributed by atoms with Crippen LogP contribution >= 0.6 is 11.6 Å². The number of ether oxygens (including phenoxy) is 1.